The number of carbonyl (C=O) groups is 1. The molecule has 0 saturated carbocycles. The van der Waals surface area contributed by atoms with Gasteiger partial charge < -0.3 is 4.74 Å². The zero-order valence-electron chi connectivity index (χ0n) is 9.59. The fraction of sp³-hybridized carbons (Fsp3) is 0.750. The highest BCUT2D eigenvalue weighted by atomic mass is 16.6. The first kappa shape index (κ1) is 11.3. The second kappa shape index (κ2) is 4.16. The van der Waals surface area contributed by atoms with Crippen LogP contribution in [0, 0.1) is 5.92 Å². The Morgan fingerprint density at radius 3 is 2.57 bits per heavy atom. The van der Waals surface area contributed by atoms with Gasteiger partial charge in [0.25, 0.3) is 0 Å². The summed E-state index contributed by atoms with van der Waals surface area (Å²) in [5.41, 5.74) is 1.24. The van der Waals surface area contributed by atoms with E-state index in [0.29, 0.717) is 5.92 Å². The lowest BCUT2D eigenvalue weighted by atomic mass is 9.83. The molecule has 0 aliphatic heterocycles. The second-order valence-electron chi connectivity index (χ2n) is 4.68. The number of allylic oxidation sites excluding steroid dienone is 1. The number of hydrogen-bond acceptors (Lipinski definition) is 2. The first-order valence-corrected chi connectivity index (χ1v) is 5.31. The van der Waals surface area contributed by atoms with Crippen molar-refractivity contribution < 1.29 is 9.53 Å². The van der Waals surface area contributed by atoms with Gasteiger partial charge in [-0.2, -0.15) is 0 Å². The lowest BCUT2D eigenvalue weighted by molar-refractivity contribution is -0.156. The molecule has 0 bridgehead atoms. The van der Waals surface area contributed by atoms with Crippen LogP contribution in [0.3, 0.4) is 0 Å². The Kier molecular flexibility index (Phi) is 3.35. The van der Waals surface area contributed by atoms with E-state index in [1.165, 1.54) is 12.5 Å². The summed E-state index contributed by atoms with van der Waals surface area (Å²) in [6.45, 7) is 7.91. The maximum Gasteiger partial charge on any atom is 0.303 e. The van der Waals surface area contributed by atoms with E-state index >= 15 is 0 Å². The zero-order valence-corrected chi connectivity index (χ0v) is 9.59. The van der Waals surface area contributed by atoms with Gasteiger partial charge in [-0.1, -0.05) is 25.5 Å². The van der Waals surface area contributed by atoms with Gasteiger partial charge in [-0.3, -0.25) is 4.79 Å². The summed E-state index contributed by atoms with van der Waals surface area (Å²) in [4.78, 5) is 10.9. The third-order valence-electron chi connectivity index (χ3n) is 2.87. The predicted molar refractivity (Wildman–Crippen MR) is 56.9 cm³/mol. The van der Waals surface area contributed by atoms with Crippen LogP contribution in [-0.4, -0.2) is 11.6 Å². The Morgan fingerprint density at radius 1 is 1.57 bits per heavy atom. The number of hydrogen-bond donors (Lipinski definition) is 0. The molecule has 2 heteroatoms. The van der Waals surface area contributed by atoms with Crippen molar-refractivity contribution in [1.29, 1.82) is 0 Å². The van der Waals surface area contributed by atoms with Crippen LogP contribution in [0.2, 0.25) is 0 Å². The van der Waals surface area contributed by atoms with E-state index < -0.39 is 0 Å². The van der Waals surface area contributed by atoms with Gasteiger partial charge >= 0.3 is 5.97 Å². The van der Waals surface area contributed by atoms with Crippen molar-refractivity contribution in [3.63, 3.8) is 0 Å². The minimum Gasteiger partial charge on any atom is -0.459 e. The Bertz CT molecular complexity index is 253. The van der Waals surface area contributed by atoms with Crippen molar-refractivity contribution in [2.45, 2.75) is 52.6 Å². The molecule has 0 fully saturated rings. The molecule has 14 heavy (non-hydrogen) atoms. The van der Waals surface area contributed by atoms with Crippen LogP contribution >= 0.6 is 0 Å². The monoisotopic (exact) mass is 196 g/mol. The van der Waals surface area contributed by atoms with Gasteiger partial charge in [0.1, 0.15) is 5.60 Å². The van der Waals surface area contributed by atoms with Gasteiger partial charge in [0, 0.05) is 13.3 Å². The van der Waals surface area contributed by atoms with Crippen molar-refractivity contribution in [1.82, 2.24) is 0 Å². The Balaban J connectivity index is 2.60. The zero-order chi connectivity index (χ0) is 10.8. The second-order valence-corrected chi connectivity index (χ2v) is 4.68. The van der Waals surface area contributed by atoms with Crippen molar-refractivity contribution in [2.75, 3.05) is 0 Å². The van der Waals surface area contributed by atoms with E-state index in [-0.39, 0.29) is 11.6 Å². The highest BCUT2D eigenvalue weighted by Gasteiger charge is 2.30. The number of esters is 1. The quantitative estimate of drug-likeness (QED) is 0.501. The molecule has 0 aromatic heterocycles. The minimum absolute atomic E-state index is 0.172. The summed E-state index contributed by atoms with van der Waals surface area (Å²) in [6, 6.07) is 0. The Hall–Kier alpha value is -0.790. The van der Waals surface area contributed by atoms with Crippen LogP contribution in [0.1, 0.15) is 47.0 Å². The number of carbonyl (C=O) groups excluding carboxylic acids is 1. The van der Waals surface area contributed by atoms with Crippen LogP contribution in [0.25, 0.3) is 0 Å². The maximum absolute atomic E-state index is 10.9. The van der Waals surface area contributed by atoms with E-state index in [9.17, 15) is 4.79 Å². The molecule has 0 saturated heterocycles. The first-order valence-electron chi connectivity index (χ1n) is 5.31. The Labute approximate surface area is 86.3 Å². The Morgan fingerprint density at radius 2 is 2.21 bits per heavy atom. The topological polar surface area (TPSA) is 26.3 Å². The molecule has 0 radical (unpaired) electrons. The molecule has 0 aromatic carbocycles. The van der Waals surface area contributed by atoms with Gasteiger partial charge in [0.2, 0.25) is 0 Å². The molecule has 0 amide bonds. The van der Waals surface area contributed by atoms with E-state index in [1.807, 2.05) is 6.92 Å². The number of ether oxygens (including phenoxy) is 1. The van der Waals surface area contributed by atoms with Crippen molar-refractivity contribution >= 4 is 5.97 Å². The van der Waals surface area contributed by atoms with Crippen LogP contribution in [-0.2, 0) is 9.53 Å². The van der Waals surface area contributed by atoms with Crippen LogP contribution in [0.15, 0.2) is 11.6 Å². The smallest absolute Gasteiger partial charge is 0.303 e. The van der Waals surface area contributed by atoms with Crippen molar-refractivity contribution in [2.24, 2.45) is 5.92 Å². The van der Waals surface area contributed by atoms with Gasteiger partial charge in [-0.05, 0) is 25.7 Å². The molecule has 0 spiro atoms. The lowest BCUT2D eigenvalue weighted by Gasteiger charge is -2.33. The third-order valence-corrected chi connectivity index (χ3v) is 2.87. The molecule has 0 unspecified atom stereocenters. The van der Waals surface area contributed by atoms with E-state index in [4.69, 9.17) is 4.74 Å². The average Bonchev–Trinajstić information content (AvgIpc) is 2.02. The average molecular weight is 196 g/mol. The predicted octanol–water partition coefficient (Wildman–Crippen LogP) is 3.07. The van der Waals surface area contributed by atoms with Gasteiger partial charge in [0.15, 0.2) is 0 Å². The highest BCUT2D eigenvalue weighted by molar-refractivity contribution is 5.66. The highest BCUT2D eigenvalue weighted by Crippen LogP contribution is 2.33. The molecule has 1 aliphatic carbocycles. The molecule has 0 heterocycles. The molecule has 80 valence electrons. The standard InChI is InChI=1S/C12H20O2/c1-9(2)11-5-7-12(4,8-6-11)14-10(3)13/h5,9H,6-8H2,1-4H3/t12-/m0/s1. The van der Waals surface area contributed by atoms with Crippen LogP contribution in [0.4, 0.5) is 0 Å². The van der Waals surface area contributed by atoms with Crippen molar-refractivity contribution in [3.05, 3.63) is 11.6 Å². The SMILES string of the molecule is CC(=O)O[C@@]1(C)CC=C(C(C)C)CC1. The molecular weight excluding hydrogens is 176 g/mol. The lowest BCUT2D eigenvalue weighted by Crippen LogP contribution is -2.32. The summed E-state index contributed by atoms with van der Waals surface area (Å²) in [5.74, 6) is 0.450. The molecule has 1 aliphatic rings. The molecule has 2 nitrogen and oxygen atoms in total. The third kappa shape index (κ3) is 2.86. The molecular formula is C12H20O2. The van der Waals surface area contributed by atoms with Crippen LogP contribution < -0.4 is 0 Å². The van der Waals surface area contributed by atoms with E-state index in [1.54, 1.807) is 0 Å². The van der Waals surface area contributed by atoms with Gasteiger partial charge in [0.05, 0.1) is 0 Å². The van der Waals surface area contributed by atoms with Gasteiger partial charge in [-0.25, -0.2) is 0 Å². The molecule has 1 atom stereocenters. The summed E-state index contributed by atoms with van der Waals surface area (Å²) >= 11 is 0. The number of rotatable bonds is 2. The largest absolute Gasteiger partial charge is 0.459 e. The summed E-state index contributed by atoms with van der Waals surface area (Å²) in [7, 11) is 0. The summed E-state index contributed by atoms with van der Waals surface area (Å²) < 4.78 is 5.32. The van der Waals surface area contributed by atoms with Crippen molar-refractivity contribution in [3.8, 4) is 0 Å². The minimum atomic E-state index is -0.260. The van der Waals surface area contributed by atoms with E-state index in [2.05, 4.69) is 19.9 Å². The van der Waals surface area contributed by atoms with E-state index in [0.717, 1.165) is 19.3 Å². The molecule has 0 aromatic rings. The van der Waals surface area contributed by atoms with Crippen LogP contribution in [0.5, 0.6) is 0 Å². The summed E-state index contributed by atoms with van der Waals surface area (Å²) in [5, 5.41) is 0. The first-order chi connectivity index (χ1) is 6.43. The molecule has 0 N–H and O–H groups in total. The summed E-state index contributed by atoms with van der Waals surface area (Å²) in [6.07, 6.45) is 5.11. The molecule has 1 rings (SSSR count). The maximum atomic E-state index is 10.9. The fourth-order valence-electron chi connectivity index (χ4n) is 1.92. The fourth-order valence-corrected chi connectivity index (χ4v) is 1.92. The van der Waals surface area contributed by atoms with Gasteiger partial charge in [-0.15, -0.1) is 0 Å². The normalized spacial score (nSPS) is 27.4.